The Morgan fingerprint density at radius 1 is 0.941 bits per heavy atom. The van der Waals surface area contributed by atoms with Gasteiger partial charge in [-0.15, -0.1) is 0 Å². The lowest BCUT2D eigenvalue weighted by molar-refractivity contribution is 0.628. The zero-order valence-electron chi connectivity index (χ0n) is 9.03. The van der Waals surface area contributed by atoms with Crippen molar-refractivity contribution in [1.82, 2.24) is 0 Å². The predicted octanol–water partition coefficient (Wildman–Crippen LogP) is 4.23. The van der Waals surface area contributed by atoms with Crippen LogP contribution < -0.4 is 5.73 Å². The van der Waals surface area contributed by atoms with Gasteiger partial charge in [0, 0.05) is 5.69 Å². The van der Waals surface area contributed by atoms with Crippen LogP contribution in [0.25, 0.3) is 12.2 Å². The van der Waals surface area contributed by atoms with Crippen molar-refractivity contribution in [3.8, 4) is 0 Å². The van der Waals surface area contributed by atoms with E-state index in [0.717, 1.165) is 16.8 Å². The van der Waals surface area contributed by atoms with E-state index in [1.54, 1.807) is 12.1 Å². The first kappa shape index (κ1) is 11.7. The second-order valence-electron chi connectivity index (χ2n) is 3.67. The number of benzene rings is 2. The van der Waals surface area contributed by atoms with Gasteiger partial charge in [0.05, 0.1) is 5.02 Å². The summed E-state index contributed by atoms with van der Waals surface area (Å²) in [4.78, 5) is 0. The fourth-order valence-corrected chi connectivity index (χ4v) is 1.60. The third-order valence-electron chi connectivity index (χ3n) is 2.35. The number of halogens is 2. The number of hydrogen-bond acceptors (Lipinski definition) is 1. The number of anilines is 1. The lowest BCUT2D eigenvalue weighted by Crippen LogP contribution is -1.82. The highest BCUT2D eigenvalue weighted by molar-refractivity contribution is 6.30. The van der Waals surface area contributed by atoms with Gasteiger partial charge in [0.15, 0.2) is 0 Å². The summed E-state index contributed by atoms with van der Waals surface area (Å²) in [5.41, 5.74) is 8.20. The van der Waals surface area contributed by atoms with Crippen molar-refractivity contribution in [3.05, 3.63) is 64.4 Å². The molecule has 3 heteroatoms. The molecule has 0 saturated heterocycles. The third kappa shape index (κ3) is 3.08. The van der Waals surface area contributed by atoms with Gasteiger partial charge >= 0.3 is 0 Å². The zero-order valence-corrected chi connectivity index (χ0v) is 9.79. The van der Waals surface area contributed by atoms with Crippen LogP contribution in [0.5, 0.6) is 0 Å². The lowest BCUT2D eigenvalue weighted by atomic mass is 10.1. The van der Waals surface area contributed by atoms with Crippen molar-refractivity contribution in [2.45, 2.75) is 0 Å². The van der Waals surface area contributed by atoms with Gasteiger partial charge in [-0.1, -0.05) is 42.0 Å². The molecule has 0 atom stereocenters. The van der Waals surface area contributed by atoms with Gasteiger partial charge < -0.3 is 5.73 Å². The first-order valence-electron chi connectivity index (χ1n) is 5.14. The Morgan fingerprint density at radius 3 is 2.18 bits per heavy atom. The highest BCUT2D eigenvalue weighted by Gasteiger charge is 1.98. The molecule has 17 heavy (non-hydrogen) atoms. The van der Waals surface area contributed by atoms with Gasteiger partial charge in [0.25, 0.3) is 0 Å². The van der Waals surface area contributed by atoms with Crippen LogP contribution in [-0.2, 0) is 0 Å². The second-order valence-corrected chi connectivity index (χ2v) is 4.08. The molecule has 0 fully saturated rings. The van der Waals surface area contributed by atoms with E-state index in [1.807, 2.05) is 36.4 Å². The summed E-state index contributed by atoms with van der Waals surface area (Å²) in [6.45, 7) is 0. The molecule has 0 aliphatic carbocycles. The van der Waals surface area contributed by atoms with Gasteiger partial charge in [-0.25, -0.2) is 4.39 Å². The van der Waals surface area contributed by atoms with Crippen LogP contribution in [0, 0.1) is 5.82 Å². The van der Waals surface area contributed by atoms with Crippen molar-refractivity contribution < 1.29 is 4.39 Å². The quantitative estimate of drug-likeness (QED) is 0.624. The van der Waals surface area contributed by atoms with E-state index < -0.39 is 5.82 Å². The van der Waals surface area contributed by atoms with E-state index in [0.29, 0.717) is 0 Å². The Balaban J connectivity index is 2.20. The average Bonchev–Trinajstić information content (AvgIpc) is 2.33. The van der Waals surface area contributed by atoms with Crippen LogP contribution in [0.1, 0.15) is 11.1 Å². The molecular weight excluding hydrogens is 237 g/mol. The molecule has 2 rings (SSSR count). The van der Waals surface area contributed by atoms with Crippen molar-refractivity contribution in [1.29, 1.82) is 0 Å². The molecule has 2 aromatic rings. The van der Waals surface area contributed by atoms with Crippen LogP contribution in [0.2, 0.25) is 5.02 Å². The third-order valence-corrected chi connectivity index (χ3v) is 2.64. The normalized spacial score (nSPS) is 10.9. The van der Waals surface area contributed by atoms with Gasteiger partial charge in [-0.2, -0.15) is 0 Å². The minimum Gasteiger partial charge on any atom is -0.399 e. The largest absolute Gasteiger partial charge is 0.399 e. The Labute approximate surface area is 104 Å². The average molecular weight is 248 g/mol. The zero-order chi connectivity index (χ0) is 12.3. The fourth-order valence-electron chi connectivity index (χ4n) is 1.42. The van der Waals surface area contributed by atoms with Crippen molar-refractivity contribution >= 4 is 29.4 Å². The summed E-state index contributed by atoms with van der Waals surface area (Å²) in [5, 5.41) is 0.129. The van der Waals surface area contributed by atoms with Crippen LogP contribution in [0.3, 0.4) is 0 Å². The van der Waals surface area contributed by atoms with Crippen molar-refractivity contribution in [3.63, 3.8) is 0 Å². The maximum absolute atomic E-state index is 12.9. The molecule has 0 spiro atoms. The predicted molar refractivity (Wildman–Crippen MR) is 71.2 cm³/mol. The van der Waals surface area contributed by atoms with E-state index >= 15 is 0 Å². The van der Waals surface area contributed by atoms with E-state index in [9.17, 15) is 4.39 Å². The molecule has 0 amide bonds. The number of nitrogen functional groups attached to an aromatic ring is 1. The SMILES string of the molecule is Nc1ccc(/C=C/c2ccc(F)c(Cl)c2)cc1. The number of nitrogens with two attached hydrogens (primary N) is 1. The Hall–Kier alpha value is -1.80. The molecule has 2 N–H and O–H groups in total. The summed E-state index contributed by atoms with van der Waals surface area (Å²) < 4.78 is 12.9. The molecule has 2 aromatic carbocycles. The van der Waals surface area contributed by atoms with E-state index in [1.165, 1.54) is 6.07 Å². The minimum absolute atomic E-state index is 0.129. The summed E-state index contributed by atoms with van der Waals surface area (Å²) in [6.07, 6.45) is 3.79. The Kier molecular flexibility index (Phi) is 3.45. The molecule has 0 bridgehead atoms. The molecule has 0 saturated carbocycles. The minimum atomic E-state index is -0.406. The van der Waals surface area contributed by atoms with E-state index in [2.05, 4.69) is 0 Å². The summed E-state index contributed by atoms with van der Waals surface area (Å²) in [7, 11) is 0. The maximum atomic E-state index is 12.9. The lowest BCUT2D eigenvalue weighted by Gasteiger charge is -1.97. The van der Waals surface area contributed by atoms with Gasteiger partial charge in [-0.3, -0.25) is 0 Å². The molecule has 0 heterocycles. The molecule has 0 unspecified atom stereocenters. The van der Waals surface area contributed by atoms with Crippen molar-refractivity contribution in [2.75, 3.05) is 5.73 Å². The Bertz CT molecular complexity index is 547. The summed E-state index contributed by atoms with van der Waals surface area (Å²) in [5.74, 6) is -0.406. The molecule has 0 aliphatic heterocycles. The first-order valence-corrected chi connectivity index (χ1v) is 5.51. The molecule has 0 aromatic heterocycles. The standard InChI is InChI=1S/C14H11ClFN/c15-13-9-11(5-8-14(13)16)2-1-10-3-6-12(17)7-4-10/h1-9H,17H2/b2-1+. The van der Waals surface area contributed by atoms with Gasteiger partial charge in [-0.05, 0) is 35.4 Å². The van der Waals surface area contributed by atoms with Gasteiger partial charge in [0.2, 0.25) is 0 Å². The highest BCUT2D eigenvalue weighted by atomic mass is 35.5. The second kappa shape index (κ2) is 5.02. The smallest absolute Gasteiger partial charge is 0.141 e. The number of rotatable bonds is 2. The topological polar surface area (TPSA) is 26.0 Å². The summed E-state index contributed by atoms with van der Waals surface area (Å²) in [6, 6.07) is 12.1. The van der Waals surface area contributed by atoms with Crippen LogP contribution in [-0.4, -0.2) is 0 Å². The Morgan fingerprint density at radius 2 is 1.53 bits per heavy atom. The van der Waals surface area contributed by atoms with E-state index in [4.69, 9.17) is 17.3 Å². The first-order chi connectivity index (χ1) is 8.15. The number of hydrogen-bond donors (Lipinski definition) is 1. The molecule has 86 valence electrons. The monoisotopic (exact) mass is 247 g/mol. The maximum Gasteiger partial charge on any atom is 0.141 e. The van der Waals surface area contributed by atoms with Gasteiger partial charge in [0.1, 0.15) is 5.82 Å². The highest BCUT2D eigenvalue weighted by Crippen LogP contribution is 2.18. The molecule has 0 aliphatic rings. The molecule has 1 nitrogen and oxygen atoms in total. The van der Waals surface area contributed by atoms with Crippen LogP contribution in [0.4, 0.5) is 10.1 Å². The van der Waals surface area contributed by atoms with E-state index in [-0.39, 0.29) is 5.02 Å². The van der Waals surface area contributed by atoms with Crippen LogP contribution >= 0.6 is 11.6 Å². The van der Waals surface area contributed by atoms with Crippen molar-refractivity contribution in [2.24, 2.45) is 0 Å². The van der Waals surface area contributed by atoms with Crippen LogP contribution in [0.15, 0.2) is 42.5 Å². The molecular formula is C14H11ClFN. The summed E-state index contributed by atoms with van der Waals surface area (Å²) >= 11 is 5.69. The fraction of sp³-hybridized carbons (Fsp3) is 0. The molecule has 0 radical (unpaired) electrons.